The molecule has 0 saturated carbocycles. The number of benzene rings is 1. The van der Waals surface area contributed by atoms with Crippen molar-refractivity contribution in [1.29, 1.82) is 0 Å². The van der Waals surface area contributed by atoms with Gasteiger partial charge in [-0.2, -0.15) is 0 Å². The standard InChI is InChI=1S/C16H27NO2/c1-5-11-18-12-16(17-6-2)14-7-9-15(10-8-14)19-13(3)4/h7-10,13,16-17H,5-6,11-12H2,1-4H3. The van der Waals surface area contributed by atoms with Gasteiger partial charge < -0.3 is 14.8 Å². The van der Waals surface area contributed by atoms with Crippen LogP contribution >= 0.6 is 0 Å². The number of rotatable bonds is 9. The maximum atomic E-state index is 5.66. The van der Waals surface area contributed by atoms with Gasteiger partial charge in [-0.05, 0) is 44.5 Å². The Morgan fingerprint density at radius 2 is 1.79 bits per heavy atom. The second kappa shape index (κ2) is 8.94. The first-order chi connectivity index (χ1) is 9.17. The monoisotopic (exact) mass is 265 g/mol. The molecule has 0 aromatic heterocycles. The molecule has 1 unspecified atom stereocenters. The van der Waals surface area contributed by atoms with Crippen LogP contribution in [0.1, 0.15) is 45.7 Å². The molecule has 0 spiro atoms. The van der Waals surface area contributed by atoms with Crippen molar-refractivity contribution in [2.75, 3.05) is 19.8 Å². The van der Waals surface area contributed by atoms with E-state index >= 15 is 0 Å². The summed E-state index contributed by atoms with van der Waals surface area (Å²) in [6.07, 6.45) is 1.27. The van der Waals surface area contributed by atoms with Gasteiger partial charge in [0.15, 0.2) is 0 Å². The summed E-state index contributed by atoms with van der Waals surface area (Å²) < 4.78 is 11.3. The zero-order valence-corrected chi connectivity index (χ0v) is 12.6. The minimum atomic E-state index is 0.211. The SMILES string of the molecule is CCCOCC(NCC)c1ccc(OC(C)C)cc1. The molecule has 0 heterocycles. The van der Waals surface area contributed by atoms with E-state index in [9.17, 15) is 0 Å². The van der Waals surface area contributed by atoms with Crippen molar-refractivity contribution in [3.05, 3.63) is 29.8 Å². The third-order valence-corrected chi connectivity index (χ3v) is 2.74. The van der Waals surface area contributed by atoms with Gasteiger partial charge in [-0.1, -0.05) is 26.0 Å². The fraction of sp³-hybridized carbons (Fsp3) is 0.625. The van der Waals surface area contributed by atoms with Gasteiger partial charge in [0.1, 0.15) is 5.75 Å². The van der Waals surface area contributed by atoms with E-state index < -0.39 is 0 Å². The molecule has 0 aliphatic heterocycles. The van der Waals surface area contributed by atoms with Crippen molar-refractivity contribution in [3.8, 4) is 5.75 Å². The van der Waals surface area contributed by atoms with Crippen LogP contribution in [0.3, 0.4) is 0 Å². The first kappa shape index (κ1) is 16.0. The van der Waals surface area contributed by atoms with Gasteiger partial charge in [-0.3, -0.25) is 0 Å². The Bertz CT molecular complexity index is 335. The van der Waals surface area contributed by atoms with Gasteiger partial charge in [0.2, 0.25) is 0 Å². The van der Waals surface area contributed by atoms with Crippen LogP contribution in [-0.2, 0) is 4.74 Å². The highest BCUT2D eigenvalue weighted by Crippen LogP contribution is 2.19. The van der Waals surface area contributed by atoms with Crippen LogP contribution in [0.5, 0.6) is 5.75 Å². The second-order valence-electron chi connectivity index (χ2n) is 4.92. The minimum absolute atomic E-state index is 0.211. The van der Waals surface area contributed by atoms with Crippen LogP contribution < -0.4 is 10.1 Å². The van der Waals surface area contributed by atoms with E-state index in [1.165, 1.54) is 5.56 Å². The van der Waals surface area contributed by atoms with Gasteiger partial charge in [0.05, 0.1) is 18.8 Å². The number of nitrogens with one attached hydrogen (secondary N) is 1. The lowest BCUT2D eigenvalue weighted by Gasteiger charge is -2.19. The minimum Gasteiger partial charge on any atom is -0.491 e. The zero-order valence-electron chi connectivity index (χ0n) is 12.6. The number of hydrogen-bond acceptors (Lipinski definition) is 3. The Labute approximate surface area is 117 Å². The van der Waals surface area contributed by atoms with Crippen LogP contribution in [0, 0.1) is 0 Å². The quantitative estimate of drug-likeness (QED) is 0.693. The van der Waals surface area contributed by atoms with Crippen molar-refractivity contribution < 1.29 is 9.47 Å². The van der Waals surface area contributed by atoms with E-state index in [0.717, 1.165) is 25.3 Å². The number of hydrogen-bond donors (Lipinski definition) is 1. The van der Waals surface area contributed by atoms with Crippen LogP contribution in [0.4, 0.5) is 0 Å². The molecule has 1 N–H and O–H groups in total. The summed E-state index contributed by atoms with van der Waals surface area (Å²) in [5, 5.41) is 3.45. The van der Waals surface area contributed by atoms with Gasteiger partial charge in [0.25, 0.3) is 0 Å². The smallest absolute Gasteiger partial charge is 0.119 e. The van der Waals surface area contributed by atoms with E-state index in [-0.39, 0.29) is 12.1 Å². The summed E-state index contributed by atoms with van der Waals surface area (Å²) in [7, 11) is 0. The topological polar surface area (TPSA) is 30.5 Å². The normalized spacial score (nSPS) is 12.7. The molecule has 3 nitrogen and oxygen atoms in total. The maximum absolute atomic E-state index is 5.66. The van der Waals surface area contributed by atoms with Crippen molar-refractivity contribution in [3.63, 3.8) is 0 Å². The lowest BCUT2D eigenvalue weighted by molar-refractivity contribution is 0.112. The molecule has 0 aliphatic carbocycles. The molecule has 0 saturated heterocycles. The maximum Gasteiger partial charge on any atom is 0.119 e. The molecule has 0 fully saturated rings. The molecule has 19 heavy (non-hydrogen) atoms. The van der Waals surface area contributed by atoms with E-state index in [4.69, 9.17) is 9.47 Å². The fourth-order valence-electron chi connectivity index (χ4n) is 1.92. The second-order valence-corrected chi connectivity index (χ2v) is 4.92. The predicted octanol–water partition coefficient (Wildman–Crippen LogP) is 3.55. The summed E-state index contributed by atoms with van der Waals surface area (Å²) in [4.78, 5) is 0. The molecular formula is C16H27NO2. The molecular weight excluding hydrogens is 238 g/mol. The molecule has 3 heteroatoms. The van der Waals surface area contributed by atoms with E-state index in [1.54, 1.807) is 0 Å². The van der Waals surface area contributed by atoms with Crippen molar-refractivity contribution in [2.45, 2.75) is 46.3 Å². The van der Waals surface area contributed by atoms with Crippen LogP contribution in [0.2, 0.25) is 0 Å². The molecule has 0 aliphatic rings. The average Bonchev–Trinajstić information content (AvgIpc) is 2.38. The van der Waals surface area contributed by atoms with Crippen LogP contribution in [-0.4, -0.2) is 25.9 Å². The Morgan fingerprint density at radius 1 is 1.11 bits per heavy atom. The van der Waals surface area contributed by atoms with Gasteiger partial charge in [-0.15, -0.1) is 0 Å². The van der Waals surface area contributed by atoms with Crippen molar-refractivity contribution in [1.82, 2.24) is 5.32 Å². The average molecular weight is 265 g/mol. The third-order valence-electron chi connectivity index (χ3n) is 2.74. The number of ether oxygens (including phenoxy) is 2. The Hall–Kier alpha value is -1.06. The van der Waals surface area contributed by atoms with E-state index in [0.29, 0.717) is 6.61 Å². The summed E-state index contributed by atoms with van der Waals surface area (Å²) in [5.74, 6) is 0.920. The number of likely N-dealkylation sites (N-methyl/N-ethyl adjacent to an activating group) is 1. The molecule has 1 aromatic carbocycles. The molecule has 1 aromatic rings. The molecule has 1 atom stereocenters. The zero-order chi connectivity index (χ0) is 14.1. The van der Waals surface area contributed by atoms with Crippen LogP contribution in [0.25, 0.3) is 0 Å². The summed E-state index contributed by atoms with van der Waals surface area (Å²) in [5.41, 5.74) is 1.24. The van der Waals surface area contributed by atoms with Gasteiger partial charge in [-0.25, -0.2) is 0 Å². The third kappa shape index (κ3) is 6.08. The Kier molecular flexibility index (Phi) is 7.53. The van der Waals surface area contributed by atoms with E-state index in [2.05, 4.69) is 31.3 Å². The highest BCUT2D eigenvalue weighted by atomic mass is 16.5. The molecule has 0 bridgehead atoms. The summed E-state index contributed by atoms with van der Waals surface area (Å²) in [6.45, 7) is 10.8. The Morgan fingerprint density at radius 3 is 2.32 bits per heavy atom. The van der Waals surface area contributed by atoms with Crippen LogP contribution in [0.15, 0.2) is 24.3 Å². The first-order valence-corrected chi connectivity index (χ1v) is 7.25. The molecule has 0 amide bonds. The summed E-state index contributed by atoms with van der Waals surface area (Å²) >= 11 is 0. The molecule has 1 rings (SSSR count). The predicted molar refractivity (Wildman–Crippen MR) is 79.7 cm³/mol. The van der Waals surface area contributed by atoms with Crippen molar-refractivity contribution in [2.24, 2.45) is 0 Å². The highest BCUT2D eigenvalue weighted by molar-refractivity contribution is 5.29. The lowest BCUT2D eigenvalue weighted by atomic mass is 10.1. The first-order valence-electron chi connectivity index (χ1n) is 7.25. The molecule has 0 radical (unpaired) electrons. The fourth-order valence-corrected chi connectivity index (χ4v) is 1.92. The van der Waals surface area contributed by atoms with Crippen molar-refractivity contribution >= 4 is 0 Å². The lowest BCUT2D eigenvalue weighted by Crippen LogP contribution is -2.25. The van der Waals surface area contributed by atoms with Gasteiger partial charge >= 0.3 is 0 Å². The Balaban J connectivity index is 2.62. The van der Waals surface area contributed by atoms with E-state index in [1.807, 2.05) is 26.0 Å². The summed E-state index contributed by atoms with van der Waals surface area (Å²) in [6, 6.07) is 8.53. The highest BCUT2D eigenvalue weighted by Gasteiger charge is 2.10. The molecule has 108 valence electrons. The largest absolute Gasteiger partial charge is 0.491 e. The van der Waals surface area contributed by atoms with Gasteiger partial charge in [0, 0.05) is 6.61 Å².